The van der Waals surface area contributed by atoms with Crippen molar-refractivity contribution in [3.63, 3.8) is 0 Å². The van der Waals surface area contributed by atoms with Gasteiger partial charge >= 0.3 is 25.2 Å². The standard InChI is InChI=1S/C21H21N3O2.ClH.Cu/c1-16(25)17-9-10-20(21(13-17)26-2)24(14-18-7-3-5-11-22-18)15-19-8-4-6-12-23-19;;/h3-13H,14-15H2,1-2H3;1H;/q;;+2/p-1. The van der Waals surface area contributed by atoms with Crippen LogP contribution in [0.15, 0.2) is 67.0 Å². The number of aromatic nitrogens is 2. The molecule has 0 N–H and O–H groups in total. The van der Waals surface area contributed by atoms with Crippen molar-refractivity contribution in [1.82, 2.24) is 9.97 Å². The van der Waals surface area contributed by atoms with Gasteiger partial charge in [-0.1, -0.05) is 12.1 Å². The summed E-state index contributed by atoms with van der Waals surface area (Å²) in [6.07, 6.45) is 3.56. The van der Waals surface area contributed by atoms with Crippen LogP contribution in [0, 0.1) is 0 Å². The molecule has 5 nitrogen and oxygen atoms in total. The van der Waals surface area contributed by atoms with E-state index < -0.39 is 0 Å². The number of carbonyl (C=O) groups excluding carboxylic acids is 1. The minimum atomic E-state index is 0.0100. The van der Waals surface area contributed by atoms with Gasteiger partial charge in [0, 0.05) is 18.0 Å². The molecular weight excluding hydrogens is 425 g/mol. The molecule has 0 aliphatic rings. The van der Waals surface area contributed by atoms with Crippen molar-refractivity contribution in [1.29, 1.82) is 0 Å². The molecule has 149 valence electrons. The molecule has 0 spiro atoms. The van der Waals surface area contributed by atoms with E-state index in [0.717, 1.165) is 17.1 Å². The summed E-state index contributed by atoms with van der Waals surface area (Å²) in [5, 5.41) is 0. The van der Waals surface area contributed by atoms with E-state index in [4.69, 9.17) is 4.74 Å². The van der Waals surface area contributed by atoms with Crippen LogP contribution in [0.25, 0.3) is 0 Å². The summed E-state index contributed by atoms with van der Waals surface area (Å²) in [7, 11) is 5.81. The number of rotatable bonds is 7. The molecule has 0 saturated heterocycles. The van der Waals surface area contributed by atoms with Gasteiger partial charge in [0.15, 0.2) is 5.78 Å². The molecule has 0 aliphatic heterocycles. The Balaban J connectivity index is 0.00000136. The zero-order valence-electron chi connectivity index (χ0n) is 15.6. The summed E-state index contributed by atoms with van der Waals surface area (Å²) in [5.74, 6) is 0.667. The first-order valence-electron chi connectivity index (χ1n) is 8.52. The predicted molar refractivity (Wildman–Crippen MR) is 107 cm³/mol. The second-order valence-corrected chi connectivity index (χ2v) is 5.94. The summed E-state index contributed by atoms with van der Waals surface area (Å²) in [6.45, 7) is 2.76. The van der Waals surface area contributed by atoms with E-state index >= 15 is 0 Å². The second-order valence-electron chi connectivity index (χ2n) is 5.94. The Morgan fingerprint density at radius 1 is 1.00 bits per heavy atom. The molecule has 28 heavy (non-hydrogen) atoms. The number of anilines is 1. The number of Topliss-reactive ketones (excluding diaryl/α,β-unsaturated/α-hetero) is 1. The molecule has 0 amide bonds. The number of nitrogens with zero attached hydrogens (tertiary/aromatic N) is 3. The molecule has 3 aromatic rings. The van der Waals surface area contributed by atoms with Gasteiger partial charge in [-0.05, 0) is 49.4 Å². The van der Waals surface area contributed by atoms with Gasteiger partial charge in [0.25, 0.3) is 0 Å². The summed E-state index contributed by atoms with van der Waals surface area (Å²) in [6, 6.07) is 17.2. The molecule has 3 rings (SSSR count). The first kappa shape index (κ1) is 21.9. The van der Waals surface area contributed by atoms with Crippen LogP contribution in [0.2, 0.25) is 0 Å². The van der Waals surface area contributed by atoms with Crippen LogP contribution >= 0.6 is 10.1 Å². The third kappa shape index (κ3) is 6.06. The van der Waals surface area contributed by atoms with Crippen molar-refractivity contribution in [3.8, 4) is 5.75 Å². The Kier molecular flexibility index (Phi) is 8.95. The number of hydrogen-bond acceptors (Lipinski definition) is 5. The number of halogens is 1. The van der Waals surface area contributed by atoms with Crippen molar-refractivity contribution in [2.45, 2.75) is 20.0 Å². The average molecular weight is 446 g/mol. The van der Waals surface area contributed by atoms with Gasteiger partial charge in [-0.2, -0.15) is 0 Å². The molecule has 2 heterocycles. The maximum absolute atomic E-state index is 11.7. The van der Waals surface area contributed by atoms with E-state index in [-0.39, 0.29) is 5.78 Å². The molecule has 2 aromatic heterocycles. The van der Waals surface area contributed by atoms with Gasteiger partial charge in [0.05, 0.1) is 37.3 Å². The fourth-order valence-corrected chi connectivity index (χ4v) is 2.76. The first-order valence-corrected chi connectivity index (χ1v) is 9.82. The fourth-order valence-electron chi connectivity index (χ4n) is 2.76. The topological polar surface area (TPSA) is 55.3 Å². The number of ketones is 1. The molecule has 0 radical (unpaired) electrons. The Morgan fingerprint density at radius 2 is 1.57 bits per heavy atom. The summed E-state index contributed by atoms with van der Waals surface area (Å²) in [4.78, 5) is 22.7. The van der Waals surface area contributed by atoms with Crippen molar-refractivity contribution >= 4 is 21.6 Å². The van der Waals surface area contributed by atoms with Crippen LogP contribution in [-0.2, 0) is 28.2 Å². The molecule has 0 saturated carbocycles. The summed E-state index contributed by atoms with van der Waals surface area (Å²) in [5.41, 5.74) is 3.41. The average Bonchev–Trinajstić information content (AvgIpc) is 2.75. The normalized spacial score (nSPS) is 9.89. The van der Waals surface area contributed by atoms with Gasteiger partial charge in [0.2, 0.25) is 0 Å². The molecule has 0 bridgehead atoms. The molecule has 0 fully saturated rings. The van der Waals surface area contributed by atoms with E-state index in [1.807, 2.05) is 48.5 Å². The van der Waals surface area contributed by atoms with E-state index in [1.165, 1.54) is 0 Å². The number of hydrogen-bond donors (Lipinski definition) is 0. The van der Waals surface area contributed by atoms with E-state index in [1.54, 1.807) is 32.5 Å². The monoisotopic (exact) mass is 445 g/mol. The van der Waals surface area contributed by atoms with Crippen LogP contribution in [0.4, 0.5) is 5.69 Å². The minimum absolute atomic E-state index is 0.0100. The molecular formula is C21H21ClCuN3O2+. The van der Waals surface area contributed by atoms with E-state index in [2.05, 4.69) is 40.1 Å². The Labute approximate surface area is 177 Å². The van der Waals surface area contributed by atoms with Crippen LogP contribution in [0.5, 0.6) is 5.75 Å². The predicted octanol–water partition coefficient (Wildman–Crippen LogP) is 4.58. The second kappa shape index (κ2) is 11.4. The molecule has 1 aromatic carbocycles. The number of benzene rings is 1. The Morgan fingerprint density at radius 3 is 2.00 bits per heavy atom. The molecule has 0 aliphatic carbocycles. The van der Waals surface area contributed by atoms with Gasteiger partial charge in [-0.3, -0.25) is 14.8 Å². The van der Waals surface area contributed by atoms with Crippen LogP contribution in [-0.4, -0.2) is 22.9 Å². The van der Waals surface area contributed by atoms with Crippen LogP contribution in [0.1, 0.15) is 28.7 Å². The maximum atomic E-state index is 11.7. The van der Waals surface area contributed by atoms with Gasteiger partial charge in [-0.15, -0.1) is 0 Å². The van der Waals surface area contributed by atoms with Gasteiger partial charge in [0.1, 0.15) is 5.75 Å². The SMILES string of the molecule is COc1cc(C(C)=O)ccc1N(Cc1ccccn1)Cc1ccccn1.[Cl][Cu+]. The van der Waals surface area contributed by atoms with Crippen molar-refractivity contribution < 1.29 is 24.6 Å². The van der Waals surface area contributed by atoms with Crippen LogP contribution in [0.3, 0.4) is 0 Å². The Hall–Kier alpha value is -2.40. The van der Waals surface area contributed by atoms with E-state index in [9.17, 15) is 4.79 Å². The van der Waals surface area contributed by atoms with Crippen molar-refractivity contribution in [2.24, 2.45) is 0 Å². The van der Waals surface area contributed by atoms with E-state index in [0.29, 0.717) is 24.4 Å². The molecule has 7 heteroatoms. The van der Waals surface area contributed by atoms with Gasteiger partial charge < -0.3 is 9.64 Å². The zero-order valence-corrected chi connectivity index (χ0v) is 17.3. The quantitative estimate of drug-likeness (QED) is 0.393. The molecule has 0 unspecified atom stereocenters. The van der Waals surface area contributed by atoms with Crippen molar-refractivity contribution in [3.05, 3.63) is 83.9 Å². The first-order chi connectivity index (χ1) is 13.7. The third-order valence-corrected chi connectivity index (χ3v) is 4.08. The fraction of sp³-hybridized carbons (Fsp3) is 0.190. The van der Waals surface area contributed by atoms with Crippen LogP contribution < -0.4 is 9.64 Å². The zero-order chi connectivity index (χ0) is 20.4. The summed E-state index contributed by atoms with van der Waals surface area (Å²) < 4.78 is 5.56. The summed E-state index contributed by atoms with van der Waals surface area (Å²) >= 11 is 3.66. The van der Waals surface area contributed by atoms with Crippen molar-refractivity contribution in [2.75, 3.05) is 12.0 Å². The number of ether oxygens (including phenoxy) is 1. The van der Waals surface area contributed by atoms with Gasteiger partial charge in [-0.25, -0.2) is 0 Å². The molecule has 0 atom stereocenters. The number of methoxy groups -OCH3 is 1. The number of carbonyl (C=O) groups is 1. The Bertz CT molecular complexity index is 838. The number of pyridine rings is 2. The third-order valence-electron chi connectivity index (χ3n) is 4.08.